The molecule has 0 bridgehead atoms. The van der Waals surface area contributed by atoms with E-state index in [1.165, 1.54) is 0 Å². The smallest absolute Gasteiger partial charge is 0.183 e. The van der Waals surface area contributed by atoms with Crippen LogP contribution >= 0.6 is 0 Å². The van der Waals surface area contributed by atoms with Crippen LogP contribution in [-0.2, 0) is 57.7 Å². The topological polar surface area (TPSA) is 73.8 Å². The molecule has 3 heterocycles. The third kappa shape index (κ3) is 8.28. The molecule has 3 aliphatic heterocycles. The van der Waals surface area contributed by atoms with Crippen LogP contribution in [0, 0.1) is 0 Å². The molecule has 0 spiro atoms. The quantitative estimate of drug-likeness (QED) is 0.227. The molecule has 0 amide bonds. The average molecular weight is 615 g/mol. The van der Waals surface area contributed by atoms with E-state index in [-0.39, 0.29) is 12.7 Å². The third-order valence-corrected chi connectivity index (χ3v) is 8.09. The third-order valence-electron chi connectivity index (χ3n) is 8.09. The van der Waals surface area contributed by atoms with Gasteiger partial charge in [-0.25, -0.2) is 0 Å². The monoisotopic (exact) mass is 614 g/mol. The summed E-state index contributed by atoms with van der Waals surface area (Å²) in [6, 6.07) is 30.2. The number of benzene rings is 3. The van der Waals surface area contributed by atoms with Gasteiger partial charge in [-0.2, -0.15) is 0 Å². The zero-order valence-electron chi connectivity index (χ0n) is 25.9. The Morgan fingerprint density at radius 2 is 1.40 bits per heavy atom. The minimum Gasteiger partial charge on any atom is -0.493 e. The van der Waals surface area contributed by atoms with Gasteiger partial charge in [0, 0.05) is 5.57 Å². The molecule has 0 aromatic heterocycles. The number of rotatable bonds is 12. The predicted octanol–water partition coefficient (Wildman–Crippen LogP) is 6.10. The van der Waals surface area contributed by atoms with E-state index in [1.54, 1.807) is 6.26 Å². The Bertz CT molecular complexity index is 1380. The molecule has 238 valence electrons. The fourth-order valence-corrected chi connectivity index (χ4v) is 5.72. The van der Waals surface area contributed by atoms with Crippen molar-refractivity contribution in [3.05, 3.63) is 132 Å². The number of hydrogen-bond donors (Lipinski definition) is 0. The minimum atomic E-state index is -0.810. The van der Waals surface area contributed by atoms with Gasteiger partial charge in [0.15, 0.2) is 18.2 Å². The van der Waals surface area contributed by atoms with Gasteiger partial charge in [-0.05, 0) is 36.6 Å². The van der Waals surface area contributed by atoms with Crippen LogP contribution in [0.1, 0.15) is 30.5 Å². The number of fused-ring (bicyclic) bond motifs is 1. The zero-order valence-corrected chi connectivity index (χ0v) is 25.9. The summed E-state index contributed by atoms with van der Waals surface area (Å²) in [6.07, 6.45) is -0.0403. The first kappa shape index (κ1) is 31.6. The van der Waals surface area contributed by atoms with E-state index in [9.17, 15) is 0 Å². The summed E-state index contributed by atoms with van der Waals surface area (Å²) in [5, 5.41) is 0. The molecule has 3 aliphatic rings. The standard InChI is InChI=1S/C37H42O8/c1-26-33(40-22-28-15-9-5-10-16-28)35(41-23-29-17-11-6-12-18-29)32(24-38-21-27-13-7-4-8-14-27)44-36(26)43-30-19-20-39-31-25-42-37(2,3)45-34(30)31/h4-20,30-36H,1,21-25H2,2-3H3/t30-,31-,32-,33-,34+,35+,36?/m1/s1. The lowest BCUT2D eigenvalue weighted by Gasteiger charge is -2.47. The summed E-state index contributed by atoms with van der Waals surface area (Å²) in [5.74, 6) is -0.771. The van der Waals surface area contributed by atoms with Gasteiger partial charge in [-0.3, -0.25) is 0 Å². The SMILES string of the molecule is C=C1C(O[C@@H]2C=CO[C@@H]3COC(C)(C)O[C@@H]23)O[C@H](COCc2ccccc2)[C@H](OCc2ccccc2)[C@@H]1OCc1ccccc1. The molecule has 8 heteroatoms. The van der Waals surface area contributed by atoms with Crippen molar-refractivity contribution in [2.45, 2.75) is 82.4 Å². The molecule has 2 saturated heterocycles. The van der Waals surface area contributed by atoms with Crippen molar-refractivity contribution in [2.75, 3.05) is 13.2 Å². The lowest BCUT2D eigenvalue weighted by molar-refractivity contribution is -0.335. The molecule has 6 rings (SSSR count). The first-order valence-corrected chi connectivity index (χ1v) is 15.5. The largest absolute Gasteiger partial charge is 0.493 e. The minimum absolute atomic E-state index is 0.264. The molecule has 7 atom stereocenters. The molecule has 0 aliphatic carbocycles. The van der Waals surface area contributed by atoms with Gasteiger partial charge in [0.2, 0.25) is 0 Å². The molecule has 3 aromatic rings. The Labute approximate surface area is 265 Å². The van der Waals surface area contributed by atoms with Crippen LogP contribution in [0.4, 0.5) is 0 Å². The van der Waals surface area contributed by atoms with Crippen LogP contribution in [0.25, 0.3) is 0 Å². The van der Waals surface area contributed by atoms with E-state index in [2.05, 4.69) is 6.58 Å². The van der Waals surface area contributed by atoms with Crippen molar-refractivity contribution in [1.29, 1.82) is 0 Å². The van der Waals surface area contributed by atoms with Gasteiger partial charge < -0.3 is 37.9 Å². The van der Waals surface area contributed by atoms with Gasteiger partial charge in [0.1, 0.15) is 30.5 Å². The highest BCUT2D eigenvalue weighted by molar-refractivity contribution is 5.19. The molecule has 8 nitrogen and oxygen atoms in total. The van der Waals surface area contributed by atoms with Crippen LogP contribution in [0.15, 0.2) is 115 Å². The first-order valence-electron chi connectivity index (χ1n) is 15.5. The van der Waals surface area contributed by atoms with Crippen LogP contribution in [0.2, 0.25) is 0 Å². The molecule has 0 N–H and O–H groups in total. The number of hydrogen-bond acceptors (Lipinski definition) is 8. The van der Waals surface area contributed by atoms with Crippen molar-refractivity contribution >= 4 is 0 Å². The van der Waals surface area contributed by atoms with Gasteiger partial charge in [-0.1, -0.05) is 97.6 Å². The van der Waals surface area contributed by atoms with Crippen molar-refractivity contribution in [2.24, 2.45) is 0 Å². The highest BCUT2D eigenvalue weighted by Gasteiger charge is 2.48. The van der Waals surface area contributed by atoms with Crippen LogP contribution in [-0.4, -0.2) is 61.9 Å². The summed E-state index contributed by atoms with van der Waals surface area (Å²) in [7, 11) is 0. The van der Waals surface area contributed by atoms with Crippen LogP contribution < -0.4 is 0 Å². The first-order chi connectivity index (χ1) is 21.9. The lowest BCUT2D eigenvalue weighted by atomic mass is 9.96. The van der Waals surface area contributed by atoms with Crippen molar-refractivity contribution < 1.29 is 37.9 Å². The highest BCUT2D eigenvalue weighted by Crippen LogP contribution is 2.36. The van der Waals surface area contributed by atoms with E-state index in [1.807, 2.05) is 111 Å². The molecule has 2 fully saturated rings. The van der Waals surface area contributed by atoms with Crippen LogP contribution in [0.3, 0.4) is 0 Å². The van der Waals surface area contributed by atoms with E-state index in [4.69, 9.17) is 37.9 Å². The molecular formula is C37H42O8. The summed E-state index contributed by atoms with van der Waals surface area (Å²) in [4.78, 5) is 0. The van der Waals surface area contributed by atoms with E-state index < -0.39 is 42.6 Å². The van der Waals surface area contributed by atoms with E-state index in [0.29, 0.717) is 32.0 Å². The molecule has 0 radical (unpaired) electrons. The maximum absolute atomic E-state index is 6.64. The Morgan fingerprint density at radius 1 is 0.800 bits per heavy atom. The van der Waals surface area contributed by atoms with E-state index in [0.717, 1.165) is 16.7 Å². The Hall–Kier alpha value is -3.34. The fourth-order valence-electron chi connectivity index (χ4n) is 5.72. The summed E-state index contributed by atoms with van der Waals surface area (Å²) in [6.45, 7) is 10.0. The Morgan fingerprint density at radius 3 is 2.04 bits per heavy atom. The summed E-state index contributed by atoms with van der Waals surface area (Å²) >= 11 is 0. The van der Waals surface area contributed by atoms with Crippen LogP contribution in [0.5, 0.6) is 0 Å². The van der Waals surface area contributed by atoms with Crippen molar-refractivity contribution in [3.63, 3.8) is 0 Å². The summed E-state index contributed by atoms with van der Waals surface area (Å²) in [5.41, 5.74) is 3.79. The zero-order chi connectivity index (χ0) is 31.1. The second-order valence-corrected chi connectivity index (χ2v) is 12.0. The fraction of sp³-hybridized carbons (Fsp3) is 0.405. The Kier molecular flexibility index (Phi) is 10.4. The van der Waals surface area contributed by atoms with Gasteiger partial charge in [0.25, 0.3) is 0 Å². The lowest BCUT2D eigenvalue weighted by Crippen LogP contribution is -2.58. The molecule has 45 heavy (non-hydrogen) atoms. The maximum Gasteiger partial charge on any atom is 0.183 e. The molecule has 3 aromatic carbocycles. The predicted molar refractivity (Wildman–Crippen MR) is 168 cm³/mol. The summed E-state index contributed by atoms with van der Waals surface area (Å²) < 4.78 is 50.6. The highest BCUT2D eigenvalue weighted by atomic mass is 16.8. The second-order valence-electron chi connectivity index (χ2n) is 12.0. The molecular weight excluding hydrogens is 572 g/mol. The normalized spacial score (nSPS) is 29.1. The maximum atomic E-state index is 6.64. The second kappa shape index (κ2) is 14.8. The van der Waals surface area contributed by atoms with Crippen molar-refractivity contribution in [1.82, 2.24) is 0 Å². The van der Waals surface area contributed by atoms with Gasteiger partial charge >= 0.3 is 0 Å². The Balaban J connectivity index is 1.24. The van der Waals surface area contributed by atoms with Crippen molar-refractivity contribution in [3.8, 4) is 0 Å². The molecule has 0 saturated carbocycles. The van der Waals surface area contributed by atoms with Gasteiger partial charge in [-0.15, -0.1) is 0 Å². The van der Waals surface area contributed by atoms with Gasteiger partial charge in [0.05, 0.1) is 39.3 Å². The average Bonchev–Trinajstić information content (AvgIpc) is 3.06. The van der Waals surface area contributed by atoms with E-state index >= 15 is 0 Å². The molecule has 1 unspecified atom stereocenters. The number of ether oxygens (including phenoxy) is 8.